The van der Waals surface area contributed by atoms with Gasteiger partial charge < -0.3 is 30.3 Å². The Morgan fingerprint density at radius 3 is 2.62 bits per heavy atom. The number of imidazole rings is 1. The summed E-state index contributed by atoms with van der Waals surface area (Å²) >= 11 is 0. The van der Waals surface area contributed by atoms with Crippen molar-refractivity contribution in [1.82, 2.24) is 24.4 Å². The van der Waals surface area contributed by atoms with Crippen LogP contribution in [0.4, 0.5) is 16.3 Å². The lowest BCUT2D eigenvalue weighted by molar-refractivity contribution is -0.0424. The minimum absolute atomic E-state index is 0.0426. The van der Waals surface area contributed by atoms with Crippen molar-refractivity contribution in [3.63, 3.8) is 0 Å². The maximum Gasteiger partial charge on any atom is 0.411 e. The third kappa shape index (κ3) is 6.16. The van der Waals surface area contributed by atoms with Crippen molar-refractivity contribution < 1.29 is 24.5 Å². The van der Waals surface area contributed by atoms with Gasteiger partial charge in [0.2, 0.25) is 0 Å². The van der Waals surface area contributed by atoms with Gasteiger partial charge >= 0.3 is 6.09 Å². The van der Waals surface area contributed by atoms with E-state index >= 15 is 0 Å². The van der Waals surface area contributed by atoms with E-state index in [9.17, 15) is 15.0 Å². The highest BCUT2D eigenvalue weighted by Gasteiger charge is 2.44. The van der Waals surface area contributed by atoms with Gasteiger partial charge in [-0.25, -0.2) is 19.7 Å². The number of nitrogens with one attached hydrogen (secondary N) is 1. The Morgan fingerprint density at radius 1 is 1.19 bits per heavy atom. The minimum atomic E-state index is -1.17. The van der Waals surface area contributed by atoms with Gasteiger partial charge in [0.05, 0.1) is 12.9 Å². The minimum Gasteiger partial charge on any atom is -0.449 e. The van der Waals surface area contributed by atoms with Crippen LogP contribution in [0.1, 0.15) is 39.0 Å². The van der Waals surface area contributed by atoms with Crippen LogP contribution in [-0.4, -0.2) is 85.8 Å². The van der Waals surface area contributed by atoms with E-state index in [-0.39, 0.29) is 17.8 Å². The second-order valence-electron chi connectivity index (χ2n) is 10.3. The van der Waals surface area contributed by atoms with Crippen molar-refractivity contribution in [2.45, 2.75) is 57.1 Å². The predicted octanol–water partition coefficient (Wildman–Crippen LogP) is 1.90. The van der Waals surface area contributed by atoms with E-state index in [1.807, 2.05) is 36.2 Å². The highest BCUT2D eigenvalue weighted by molar-refractivity contribution is 5.84. The summed E-state index contributed by atoms with van der Waals surface area (Å²) in [4.78, 5) is 26.3. The molecular weight excluding hydrogens is 478 g/mol. The quantitative estimate of drug-likeness (QED) is 0.327. The van der Waals surface area contributed by atoms with E-state index in [0.717, 1.165) is 0 Å². The molecule has 0 bridgehead atoms. The average molecular weight is 514 g/mol. The van der Waals surface area contributed by atoms with Gasteiger partial charge in [0.15, 0.2) is 17.7 Å². The van der Waals surface area contributed by atoms with E-state index in [2.05, 4.69) is 41.0 Å². The largest absolute Gasteiger partial charge is 0.449 e. The van der Waals surface area contributed by atoms with Crippen LogP contribution in [0.3, 0.4) is 0 Å². The molecule has 1 aliphatic heterocycles. The molecule has 1 amide bonds. The molecule has 37 heavy (non-hydrogen) atoms. The molecule has 5 N–H and O–H groups in total. The number of hydrogen-bond acceptors (Lipinski definition) is 10. The molecule has 3 heterocycles. The number of carbonyl (C=O) groups excluding carboxylic acids is 1. The number of nitrogens with zero attached hydrogens (tertiary/aromatic N) is 5. The van der Waals surface area contributed by atoms with E-state index in [1.165, 1.54) is 18.2 Å². The van der Waals surface area contributed by atoms with E-state index in [0.29, 0.717) is 36.4 Å². The molecule has 12 nitrogen and oxygen atoms in total. The van der Waals surface area contributed by atoms with Gasteiger partial charge in [0.25, 0.3) is 0 Å². The molecule has 3 aromatic rings. The molecule has 4 rings (SSSR count). The standard InChI is InChI=1S/C25H35N7O5/c1-25(2,3)15-6-8-16(9-7-15)30-24(35)36-11-5-10-31(4)12-17-19(33)20(34)23(37-17)32-14-29-18-21(26)27-13-28-22(18)32/h6-9,13-14,17,19-20,23,33-34H,5,10-12H2,1-4H3,(H,30,35)(H2,26,27,28)/t17-,19-,20-,23?/m1/s1. The number of nitrogens with two attached hydrogens (primary N) is 1. The molecular formula is C25H35N7O5. The number of nitrogen functional groups attached to an aromatic ring is 1. The average Bonchev–Trinajstić information content (AvgIpc) is 3.39. The first-order chi connectivity index (χ1) is 17.5. The number of rotatable bonds is 8. The fourth-order valence-corrected chi connectivity index (χ4v) is 4.27. The van der Waals surface area contributed by atoms with Gasteiger partial charge in [0.1, 0.15) is 30.2 Å². The van der Waals surface area contributed by atoms with Gasteiger partial charge in [-0.15, -0.1) is 0 Å². The zero-order chi connectivity index (χ0) is 26.7. The number of benzene rings is 1. The summed E-state index contributed by atoms with van der Waals surface area (Å²) in [6.45, 7) is 7.60. The number of ether oxygens (including phenoxy) is 2. The number of aliphatic hydroxyl groups excluding tert-OH is 2. The molecule has 1 saturated heterocycles. The van der Waals surface area contributed by atoms with Gasteiger partial charge in [-0.3, -0.25) is 9.88 Å². The Balaban J connectivity index is 1.21. The number of amides is 1. The summed E-state index contributed by atoms with van der Waals surface area (Å²) in [5, 5.41) is 23.9. The molecule has 0 saturated carbocycles. The maximum absolute atomic E-state index is 12.1. The fraction of sp³-hybridized carbons (Fsp3) is 0.520. The zero-order valence-electron chi connectivity index (χ0n) is 21.5. The summed E-state index contributed by atoms with van der Waals surface area (Å²) in [5.41, 5.74) is 8.55. The fourth-order valence-electron chi connectivity index (χ4n) is 4.27. The van der Waals surface area contributed by atoms with Crippen molar-refractivity contribution in [2.24, 2.45) is 0 Å². The van der Waals surface area contributed by atoms with Gasteiger partial charge in [-0.2, -0.15) is 0 Å². The molecule has 4 atom stereocenters. The first-order valence-electron chi connectivity index (χ1n) is 12.2. The van der Waals surface area contributed by atoms with Crippen LogP contribution < -0.4 is 11.1 Å². The first-order valence-corrected chi connectivity index (χ1v) is 12.2. The van der Waals surface area contributed by atoms with Crippen LogP contribution in [0, 0.1) is 0 Å². The summed E-state index contributed by atoms with van der Waals surface area (Å²) in [5.74, 6) is 0.224. The lowest BCUT2D eigenvalue weighted by Crippen LogP contribution is -2.39. The monoisotopic (exact) mass is 513 g/mol. The second kappa shape index (κ2) is 11.0. The Hall–Kier alpha value is -3.32. The normalized spacial score (nSPS) is 22.0. The second-order valence-corrected chi connectivity index (χ2v) is 10.3. The number of anilines is 2. The number of aromatic nitrogens is 4. The number of hydrogen-bond donors (Lipinski definition) is 4. The summed E-state index contributed by atoms with van der Waals surface area (Å²) in [6.07, 6.45) is -0.924. The Kier molecular flexibility index (Phi) is 7.93. The highest BCUT2D eigenvalue weighted by Crippen LogP contribution is 2.32. The van der Waals surface area contributed by atoms with E-state index in [4.69, 9.17) is 15.2 Å². The summed E-state index contributed by atoms with van der Waals surface area (Å²) < 4.78 is 12.8. The van der Waals surface area contributed by atoms with E-state index in [1.54, 1.807) is 4.57 Å². The number of aliphatic hydroxyl groups is 2. The molecule has 2 aromatic heterocycles. The topological polar surface area (TPSA) is 161 Å². The molecule has 1 unspecified atom stereocenters. The molecule has 1 aromatic carbocycles. The van der Waals surface area contributed by atoms with Crippen LogP contribution in [0.2, 0.25) is 0 Å². The Labute approximate surface area is 215 Å². The van der Waals surface area contributed by atoms with Crippen molar-refractivity contribution in [3.05, 3.63) is 42.5 Å². The van der Waals surface area contributed by atoms with Crippen molar-refractivity contribution >= 4 is 28.8 Å². The maximum atomic E-state index is 12.1. The lowest BCUT2D eigenvalue weighted by Gasteiger charge is -2.22. The molecule has 12 heteroatoms. The highest BCUT2D eigenvalue weighted by atomic mass is 16.6. The Morgan fingerprint density at radius 2 is 1.92 bits per heavy atom. The SMILES string of the molecule is CN(CCCOC(=O)Nc1ccc(C(C)(C)C)cc1)C[C@H]1OC(n2cnc3c(N)ncnc32)[C@H](O)[C@@H]1O. The van der Waals surface area contributed by atoms with Crippen LogP contribution in [-0.2, 0) is 14.9 Å². The lowest BCUT2D eigenvalue weighted by atomic mass is 9.87. The summed E-state index contributed by atoms with van der Waals surface area (Å²) in [6, 6.07) is 7.70. The van der Waals surface area contributed by atoms with Gasteiger partial charge in [-0.1, -0.05) is 32.9 Å². The van der Waals surface area contributed by atoms with Gasteiger partial charge in [-0.05, 0) is 36.6 Å². The molecule has 0 spiro atoms. The smallest absolute Gasteiger partial charge is 0.411 e. The van der Waals surface area contributed by atoms with Crippen LogP contribution >= 0.6 is 0 Å². The van der Waals surface area contributed by atoms with Crippen LogP contribution in [0.5, 0.6) is 0 Å². The van der Waals surface area contributed by atoms with Crippen LogP contribution in [0.25, 0.3) is 11.2 Å². The van der Waals surface area contributed by atoms with Gasteiger partial charge in [0, 0.05) is 18.8 Å². The number of carbonyl (C=O) groups is 1. The number of likely N-dealkylation sites (N-methyl/N-ethyl adjacent to an activating group) is 1. The predicted molar refractivity (Wildman–Crippen MR) is 138 cm³/mol. The third-order valence-corrected chi connectivity index (χ3v) is 6.40. The zero-order valence-corrected chi connectivity index (χ0v) is 21.5. The van der Waals surface area contributed by atoms with Crippen molar-refractivity contribution in [2.75, 3.05) is 37.8 Å². The van der Waals surface area contributed by atoms with Crippen LogP contribution in [0.15, 0.2) is 36.9 Å². The van der Waals surface area contributed by atoms with Crippen molar-refractivity contribution in [3.8, 4) is 0 Å². The molecule has 0 aliphatic carbocycles. The molecule has 1 fully saturated rings. The molecule has 1 aliphatic rings. The number of fused-ring (bicyclic) bond motifs is 1. The summed E-state index contributed by atoms with van der Waals surface area (Å²) in [7, 11) is 1.87. The van der Waals surface area contributed by atoms with E-state index < -0.39 is 30.6 Å². The molecule has 0 radical (unpaired) electrons. The molecule has 200 valence electrons. The third-order valence-electron chi connectivity index (χ3n) is 6.40. The first kappa shape index (κ1) is 26.7. The Bertz CT molecular complexity index is 1210. The van der Waals surface area contributed by atoms with Crippen molar-refractivity contribution in [1.29, 1.82) is 0 Å².